The Hall–Kier alpha value is -2.96. The molecule has 0 radical (unpaired) electrons. The van der Waals surface area contributed by atoms with Crippen LogP contribution in [0.1, 0.15) is 34.6 Å². The highest BCUT2D eigenvalue weighted by atomic mass is 16.2. The van der Waals surface area contributed by atoms with Crippen LogP contribution in [0.2, 0.25) is 0 Å². The molecule has 2 aromatic heterocycles. The van der Waals surface area contributed by atoms with E-state index < -0.39 is 0 Å². The number of nitrogen functional groups attached to an aromatic ring is 1. The quantitative estimate of drug-likeness (QED) is 0.778. The molecule has 1 aliphatic carbocycles. The SMILES string of the molecule is CN(CCn1cnc2ccccc21)C(=O)c1nc(N)nc2c1CCCC2. The van der Waals surface area contributed by atoms with Gasteiger partial charge < -0.3 is 15.2 Å². The van der Waals surface area contributed by atoms with E-state index in [0.29, 0.717) is 18.8 Å². The Kier molecular flexibility index (Phi) is 4.28. The van der Waals surface area contributed by atoms with Crippen LogP contribution in [0.15, 0.2) is 30.6 Å². The lowest BCUT2D eigenvalue weighted by Crippen LogP contribution is -2.32. The van der Waals surface area contributed by atoms with Crippen LogP contribution in [0.3, 0.4) is 0 Å². The van der Waals surface area contributed by atoms with Crippen LogP contribution in [0.5, 0.6) is 0 Å². The third kappa shape index (κ3) is 3.00. The standard InChI is InChI=1S/C19H22N6O/c1-24(10-11-25-12-21-15-8-4-5-9-16(15)25)18(26)17-13-6-2-3-7-14(13)22-19(20)23-17/h4-5,8-9,12H,2-3,6-7,10-11H2,1H3,(H2,20,22,23). The first-order valence-electron chi connectivity index (χ1n) is 8.94. The molecule has 0 saturated heterocycles. The molecule has 4 rings (SSSR count). The Morgan fingerprint density at radius 2 is 2.04 bits per heavy atom. The molecule has 7 heteroatoms. The van der Waals surface area contributed by atoms with Gasteiger partial charge in [0.2, 0.25) is 5.95 Å². The highest BCUT2D eigenvalue weighted by Gasteiger charge is 2.23. The fraction of sp³-hybridized carbons (Fsp3) is 0.368. The van der Waals surface area contributed by atoms with Crippen LogP contribution < -0.4 is 5.73 Å². The number of benzene rings is 1. The molecule has 0 atom stereocenters. The number of aryl methyl sites for hydroxylation is 1. The molecule has 26 heavy (non-hydrogen) atoms. The summed E-state index contributed by atoms with van der Waals surface area (Å²) >= 11 is 0. The van der Waals surface area contributed by atoms with Gasteiger partial charge in [0, 0.05) is 31.4 Å². The highest BCUT2D eigenvalue weighted by Crippen LogP contribution is 2.23. The van der Waals surface area contributed by atoms with Gasteiger partial charge in [-0.05, 0) is 37.8 Å². The zero-order valence-corrected chi connectivity index (χ0v) is 14.9. The molecule has 7 nitrogen and oxygen atoms in total. The minimum Gasteiger partial charge on any atom is -0.368 e. The predicted octanol–water partition coefficient (Wildman–Crippen LogP) is 2.06. The largest absolute Gasteiger partial charge is 0.368 e. The van der Waals surface area contributed by atoms with Gasteiger partial charge >= 0.3 is 0 Å². The van der Waals surface area contributed by atoms with Crippen molar-refractivity contribution in [3.8, 4) is 0 Å². The maximum absolute atomic E-state index is 12.9. The average Bonchev–Trinajstić information content (AvgIpc) is 3.08. The molecule has 1 aromatic carbocycles. The van der Waals surface area contributed by atoms with E-state index in [0.717, 1.165) is 48.0 Å². The lowest BCUT2D eigenvalue weighted by Gasteiger charge is -2.22. The van der Waals surface area contributed by atoms with E-state index in [1.54, 1.807) is 11.9 Å². The summed E-state index contributed by atoms with van der Waals surface area (Å²) in [5.41, 5.74) is 10.2. The Balaban J connectivity index is 1.52. The molecule has 0 bridgehead atoms. The summed E-state index contributed by atoms with van der Waals surface area (Å²) in [5.74, 6) is 0.0877. The molecular formula is C19H22N6O. The maximum atomic E-state index is 12.9. The maximum Gasteiger partial charge on any atom is 0.272 e. The number of fused-ring (bicyclic) bond motifs is 2. The average molecular weight is 350 g/mol. The number of hydrogen-bond acceptors (Lipinski definition) is 5. The van der Waals surface area contributed by atoms with Gasteiger partial charge in [-0.1, -0.05) is 12.1 Å². The Labute approximate surface area is 151 Å². The summed E-state index contributed by atoms with van der Waals surface area (Å²) in [6.45, 7) is 1.24. The smallest absolute Gasteiger partial charge is 0.272 e. The first kappa shape index (κ1) is 16.5. The number of carbonyl (C=O) groups is 1. The lowest BCUT2D eigenvalue weighted by molar-refractivity contribution is 0.0783. The first-order chi connectivity index (χ1) is 12.6. The third-order valence-electron chi connectivity index (χ3n) is 4.95. The Morgan fingerprint density at radius 1 is 1.23 bits per heavy atom. The van der Waals surface area contributed by atoms with Crippen molar-refractivity contribution in [1.29, 1.82) is 0 Å². The number of aromatic nitrogens is 4. The predicted molar refractivity (Wildman–Crippen MR) is 99.8 cm³/mol. The monoisotopic (exact) mass is 350 g/mol. The van der Waals surface area contributed by atoms with Crippen molar-refractivity contribution in [2.24, 2.45) is 0 Å². The lowest BCUT2D eigenvalue weighted by atomic mass is 9.94. The van der Waals surface area contributed by atoms with E-state index in [1.807, 2.05) is 30.6 Å². The summed E-state index contributed by atoms with van der Waals surface area (Å²) in [4.78, 5) is 27.6. The zero-order valence-electron chi connectivity index (χ0n) is 14.9. The second kappa shape index (κ2) is 6.74. The number of rotatable bonds is 4. The number of carbonyl (C=O) groups excluding carboxylic acids is 1. The molecule has 1 aliphatic rings. The number of nitrogens with two attached hydrogens (primary N) is 1. The summed E-state index contributed by atoms with van der Waals surface area (Å²) < 4.78 is 2.06. The molecular weight excluding hydrogens is 328 g/mol. The molecule has 0 saturated carbocycles. The molecule has 2 heterocycles. The number of amides is 1. The molecule has 134 valence electrons. The second-order valence-electron chi connectivity index (χ2n) is 6.72. The van der Waals surface area contributed by atoms with Gasteiger partial charge in [0.05, 0.1) is 17.4 Å². The topological polar surface area (TPSA) is 89.9 Å². The fourth-order valence-corrected chi connectivity index (χ4v) is 3.52. The zero-order chi connectivity index (χ0) is 18.1. The van der Waals surface area contributed by atoms with E-state index in [-0.39, 0.29) is 11.9 Å². The van der Waals surface area contributed by atoms with Gasteiger partial charge in [0.25, 0.3) is 5.91 Å². The summed E-state index contributed by atoms with van der Waals surface area (Å²) in [6.07, 6.45) is 5.67. The molecule has 1 amide bonds. The van der Waals surface area contributed by atoms with Crippen molar-refractivity contribution in [2.45, 2.75) is 32.2 Å². The number of nitrogens with zero attached hydrogens (tertiary/aromatic N) is 5. The van der Waals surface area contributed by atoms with Gasteiger partial charge in [-0.3, -0.25) is 4.79 Å². The first-order valence-corrected chi connectivity index (χ1v) is 8.94. The van der Waals surface area contributed by atoms with Crippen molar-refractivity contribution in [1.82, 2.24) is 24.4 Å². The van der Waals surface area contributed by atoms with Crippen LogP contribution >= 0.6 is 0 Å². The molecule has 2 N–H and O–H groups in total. The van der Waals surface area contributed by atoms with Gasteiger partial charge in [0.15, 0.2) is 0 Å². The van der Waals surface area contributed by atoms with Crippen molar-refractivity contribution < 1.29 is 4.79 Å². The van der Waals surface area contributed by atoms with Gasteiger partial charge in [-0.15, -0.1) is 0 Å². The van der Waals surface area contributed by atoms with E-state index in [9.17, 15) is 4.79 Å². The normalized spacial score (nSPS) is 13.6. The number of para-hydroxylation sites is 2. The molecule has 3 aromatic rings. The van der Waals surface area contributed by atoms with E-state index in [2.05, 4.69) is 19.5 Å². The van der Waals surface area contributed by atoms with Crippen molar-refractivity contribution >= 4 is 22.9 Å². The minimum absolute atomic E-state index is 0.0957. The summed E-state index contributed by atoms with van der Waals surface area (Å²) in [7, 11) is 1.80. The molecule has 0 unspecified atom stereocenters. The van der Waals surface area contributed by atoms with Crippen molar-refractivity contribution in [3.05, 3.63) is 47.5 Å². The third-order valence-corrected chi connectivity index (χ3v) is 4.95. The molecule has 0 aliphatic heterocycles. The molecule has 0 spiro atoms. The van der Waals surface area contributed by atoms with E-state index >= 15 is 0 Å². The number of anilines is 1. The van der Waals surface area contributed by atoms with Gasteiger partial charge in [-0.2, -0.15) is 0 Å². The summed E-state index contributed by atoms with van der Waals surface area (Å²) in [5, 5.41) is 0. The van der Waals surface area contributed by atoms with Crippen molar-refractivity contribution in [3.63, 3.8) is 0 Å². The number of likely N-dealkylation sites (N-methyl/N-ethyl adjacent to an activating group) is 1. The van der Waals surface area contributed by atoms with E-state index in [4.69, 9.17) is 5.73 Å². The van der Waals surface area contributed by atoms with Crippen LogP contribution in [-0.4, -0.2) is 43.9 Å². The minimum atomic E-state index is -0.0957. The number of imidazole rings is 1. The Morgan fingerprint density at radius 3 is 2.92 bits per heavy atom. The van der Waals surface area contributed by atoms with Gasteiger partial charge in [0.1, 0.15) is 5.69 Å². The Bertz CT molecular complexity index is 964. The van der Waals surface area contributed by atoms with Crippen LogP contribution in [0, 0.1) is 0 Å². The van der Waals surface area contributed by atoms with Crippen LogP contribution in [0.4, 0.5) is 5.95 Å². The van der Waals surface area contributed by atoms with Crippen molar-refractivity contribution in [2.75, 3.05) is 19.3 Å². The van der Waals surface area contributed by atoms with Crippen LogP contribution in [0.25, 0.3) is 11.0 Å². The van der Waals surface area contributed by atoms with Gasteiger partial charge in [-0.25, -0.2) is 15.0 Å². The molecule has 0 fully saturated rings. The highest BCUT2D eigenvalue weighted by molar-refractivity contribution is 5.94. The van der Waals surface area contributed by atoms with Crippen LogP contribution in [-0.2, 0) is 19.4 Å². The second-order valence-corrected chi connectivity index (χ2v) is 6.72. The van der Waals surface area contributed by atoms with E-state index in [1.165, 1.54) is 0 Å². The summed E-state index contributed by atoms with van der Waals surface area (Å²) in [6, 6.07) is 7.98. The fourth-order valence-electron chi connectivity index (χ4n) is 3.52. The number of hydrogen-bond donors (Lipinski definition) is 1.